The molecule has 1 aromatic carbocycles. The number of ether oxygens (including phenoxy) is 2. The number of aromatic nitrogens is 2. The van der Waals surface area contributed by atoms with Crippen molar-refractivity contribution in [3.8, 4) is 11.5 Å². The Morgan fingerprint density at radius 3 is 2.45 bits per heavy atom. The molecule has 1 aliphatic rings. The topological polar surface area (TPSA) is 47.1 Å². The zero-order valence-electron chi connectivity index (χ0n) is 10.1. The van der Waals surface area contributed by atoms with E-state index in [0.29, 0.717) is 31.1 Å². The Balaban J connectivity index is 2.08. The van der Waals surface area contributed by atoms with Gasteiger partial charge in [0.15, 0.2) is 17.3 Å². The average molecular weight is 290 g/mol. The Hall–Kier alpha value is -1.99. The maximum absolute atomic E-state index is 13.3. The highest BCUT2D eigenvalue weighted by atomic mass is 19.3. The minimum absolute atomic E-state index is 0.129. The standard InChI is InChI=1S/C12H10F4N2O2/c13-10(14)12(15,16)11-17-6-4-8-9(5-7(6)18-11)20-3-1-2-19-8/h4-5,10H,1-3H2,(H,17,18). The number of halogens is 4. The number of imidazole rings is 1. The van der Waals surface area contributed by atoms with E-state index in [2.05, 4.69) is 9.97 Å². The molecule has 1 aliphatic heterocycles. The van der Waals surface area contributed by atoms with Gasteiger partial charge in [-0.1, -0.05) is 0 Å². The van der Waals surface area contributed by atoms with E-state index in [1.165, 1.54) is 12.1 Å². The van der Waals surface area contributed by atoms with Gasteiger partial charge in [-0.25, -0.2) is 13.8 Å². The van der Waals surface area contributed by atoms with E-state index >= 15 is 0 Å². The molecule has 0 radical (unpaired) electrons. The van der Waals surface area contributed by atoms with Crippen molar-refractivity contribution in [2.45, 2.75) is 18.8 Å². The molecule has 0 aliphatic carbocycles. The van der Waals surface area contributed by atoms with Gasteiger partial charge in [-0.2, -0.15) is 8.78 Å². The van der Waals surface area contributed by atoms with Gasteiger partial charge in [-0.05, 0) is 0 Å². The van der Waals surface area contributed by atoms with E-state index in [4.69, 9.17) is 9.47 Å². The summed E-state index contributed by atoms with van der Waals surface area (Å²) in [5.74, 6) is -4.64. The summed E-state index contributed by atoms with van der Waals surface area (Å²) in [5.41, 5.74) is 0.328. The summed E-state index contributed by atoms with van der Waals surface area (Å²) in [4.78, 5) is 5.73. The summed E-state index contributed by atoms with van der Waals surface area (Å²) in [6.45, 7) is 0.871. The minimum Gasteiger partial charge on any atom is -0.489 e. The number of hydrogen-bond acceptors (Lipinski definition) is 3. The fourth-order valence-electron chi connectivity index (χ4n) is 1.93. The summed E-state index contributed by atoms with van der Waals surface area (Å²) in [6, 6.07) is 2.82. The number of hydrogen-bond donors (Lipinski definition) is 1. The van der Waals surface area contributed by atoms with E-state index in [1.54, 1.807) is 0 Å². The second kappa shape index (κ2) is 4.53. The van der Waals surface area contributed by atoms with Crippen LogP contribution in [-0.2, 0) is 5.92 Å². The molecule has 1 aromatic heterocycles. The van der Waals surface area contributed by atoms with Crippen molar-refractivity contribution in [3.63, 3.8) is 0 Å². The lowest BCUT2D eigenvalue weighted by Crippen LogP contribution is -2.25. The lowest BCUT2D eigenvalue weighted by atomic mass is 10.3. The summed E-state index contributed by atoms with van der Waals surface area (Å²) < 4.78 is 61.9. The Bertz CT molecular complexity index is 599. The highest BCUT2D eigenvalue weighted by molar-refractivity contribution is 5.80. The molecule has 0 unspecified atom stereocenters. The zero-order valence-corrected chi connectivity index (χ0v) is 10.1. The number of nitrogens with zero attached hydrogens (tertiary/aromatic N) is 1. The number of benzene rings is 1. The van der Waals surface area contributed by atoms with Gasteiger partial charge in [-0.3, -0.25) is 0 Å². The largest absolute Gasteiger partial charge is 0.489 e. The summed E-state index contributed by atoms with van der Waals surface area (Å²) >= 11 is 0. The molecule has 0 bridgehead atoms. The molecule has 0 fully saturated rings. The van der Waals surface area contributed by atoms with Crippen LogP contribution in [0.1, 0.15) is 12.2 Å². The molecule has 0 saturated carbocycles. The molecule has 20 heavy (non-hydrogen) atoms. The van der Waals surface area contributed by atoms with E-state index in [9.17, 15) is 17.6 Å². The second-order valence-corrected chi connectivity index (χ2v) is 4.38. The Morgan fingerprint density at radius 2 is 1.80 bits per heavy atom. The second-order valence-electron chi connectivity index (χ2n) is 4.38. The molecule has 0 atom stereocenters. The maximum atomic E-state index is 13.3. The molecule has 2 heterocycles. The van der Waals surface area contributed by atoms with E-state index < -0.39 is 18.2 Å². The highest BCUT2D eigenvalue weighted by Crippen LogP contribution is 2.37. The lowest BCUT2D eigenvalue weighted by molar-refractivity contribution is -0.140. The van der Waals surface area contributed by atoms with Gasteiger partial charge in [0.2, 0.25) is 0 Å². The third kappa shape index (κ3) is 2.04. The van der Waals surface area contributed by atoms with Gasteiger partial charge in [0, 0.05) is 18.6 Å². The highest BCUT2D eigenvalue weighted by Gasteiger charge is 2.45. The molecule has 4 nitrogen and oxygen atoms in total. The maximum Gasteiger partial charge on any atom is 0.363 e. The number of nitrogens with one attached hydrogen (secondary N) is 1. The van der Waals surface area contributed by atoms with Crippen molar-refractivity contribution in [2.75, 3.05) is 13.2 Å². The molecule has 0 saturated heterocycles. The van der Waals surface area contributed by atoms with Gasteiger partial charge in [0.1, 0.15) is 0 Å². The molecule has 0 spiro atoms. The molecule has 8 heteroatoms. The predicted molar refractivity (Wildman–Crippen MR) is 61.6 cm³/mol. The molecular formula is C12H10F4N2O2. The van der Waals surface area contributed by atoms with Gasteiger partial charge in [0.05, 0.1) is 24.2 Å². The van der Waals surface area contributed by atoms with Gasteiger partial charge in [-0.15, -0.1) is 0 Å². The van der Waals surface area contributed by atoms with Crippen molar-refractivity contribution in [1.29, 1.82) is 0 Å². The molecule has 108 valence electrons. The number of rotatable bonds is 2. The van der Waals surface area contributed by atoms with Gasteiger partial charge in [0.25, 0.3) is 0 Å². The molecule has 0 amide bonds. The number of fused-ring (bicyclic) bond motifs is 2. The van der Waals surface area contributed by atoms with Crippen molar-refractivity contribution in [2.24, 2.45) is 0 Å². The average Bonchev–Trinajstić information content (AvgIpc) is 2.68. The van der Waals surface area contributed by atoms with Crippen LogP contribution in [0.2, 0.25) is 0 Å². The van der Waals surface area contributed by atoms with Crippen molar-refractivity contribution in [1.82, 2.24) is 9.97 Å². The first-order chi connectivity index (χ1) is 9.48. The lowest BCUT2D eigenvalue weighted by Gasteiger charge is -2.11. The molecular weight excluding hydrogens is 280 g/mol. The van der Waals surface area contributed by atoms with Crippen LogP contribution in [0, 0.1) is 0 Å². The fraction of sp³-hybridized carbons (Fsp3) is 0.417. The van der Waals surface area contributed by atoms with Crippen LogP contribution in [0.5, 0.6) is 11.5 Å². The number of H-pyrrole nitrogens is 1. The summed E-state index contributed by atoms with van der Waals surface area (Å²) in [6.07, 6.45) is -3.13. The number of aromatic amines is 1. The first-order valence-corrected chi connectivity index (χ1v) is 5.94. The molecule has 2 aromatic rings. The van der Waals surface area contributed by atoms with Crippen LogP contribution >= 0.6 is 0 Å². The normalized spacial score (nSPS) is 15.7. The third-order valence-corrected chi connectivity index (χ3v) is 2.94. The van der Waals surface area contributed by atoms with Crippen molar-refractivity contribution in [3.05, 3.63) is 18.0 Å². The van der Waals surface area contributed by atoms with Gasteiger partial charge < -0.3 is 14.5 Å². The van der Waals surface area contributed by atoms with Crippen LogP contribution < -0.4 is 9.47 Å². The Labute approximate surface area is 110 Å². The molecule has 3 rings (SSSR count). The smallest absolute Gasteiger partial charge is 0.363 e. The first-order valence-electron chi connectivity index (χ1n) is 5.94. The van der Waals surface area contributed by atoms with Crippen LogP contribution in [0.25, 0.3) is 11.0 Å². The first kappa shape index (κ1) is 13.0. The monoisotopic (exact) mass is 290 g/mol. The predicted octanol–water partition coefficient (Wildman–Crippen LogP) is 3.08. The molecule has 1 N–H and O–H groups in total. The third-order valence-electron chi connectivity index (χ3n) is 2.94. The van der Waals surface area contributed by atoms with Crippen molar-refractivity contribution < 1.29 is 27.0 Å². The van der Waals surface area contributed by atoms with Crippen molar-refractivity contribution >= 4 is 11.0 Å². The quantitative estimate of drug-likeness (QED) is 0.865. The van der Waals surface area contributed by atoms with Crippen LogP contribution in [-0.4, -0.2) is 29.6 Å². The SMILES string of the molecule is FC(F)C(F)(F)c1nc2cc3c(cc2[nH]1)OCCCO3. The Kier molecular flexibility index (Phi) is 2.95. The van der Waals surface area contributed by atoms with Crippen LogP contribution in [0.4, 0.5) is 17.6 Å². The van der Waals surface area contributed by atoms with E-state index in [1.807, 2.05) is 0 Å². The number of alkyl halides is 4. The summed E-state index contributed by atoms with van der Waals surface area (Å²) in [7, 11) is 0. The van der Waals surface area contributed by atoms with E-state index in [-0.39, 0.29) is 11.0 Å². The van der Waals surface area contributed by atoms with Gasteiger partial charge >= 0.3 is 12.3 Å². The van der Waals surface area contributed by atoms with Crippen LogP contribution in [0.3, 0.4) is 0 Å². The zero-order chi connectivity index (χ0) is 14.3. The Morgan fingerprint density at radius 1 is 1.15 bits per heavy atom. The fourth-order valence-corrected chi connectivity index (χ4v) is 1.93. The van der Waals surface area contributed by atoms with E-state index in [0.717, 1.165) is 0 Å². The minimum atomic E-state index is -4.32. The summed E-state index contributed by atoms with van der Waals surface area (Å²) in [5, 5.41) is 0. The van der Waals surface area contributed by atoms with Crippen LogP contribution in [0.15, 0.2) is 12.1 Å².